The number of ether oxygens (including phenoxy) is 2. The maximum Gasteiger partial charge on any atom is 0.275 e. The summed E-state index contributed by atoms with van der Waals surface area (Å²) in [6.45, 7) is 5.23. The number of rotatable bonds is 2. The van der Waals surface area contributed by atoms with Gasteiger partial charge in [0.25, 0.3) is 5.91 Å². The summed E-state index contributed by atoms with van der Waals surface area (Å²) < 4.78 is 11.6. The van der Waals surface area contributed by atoms with E-state index in [2.05, 4.69) is 4.90 Å². The van der Waals surface area contributed by atoms with Crippen molar-refractivity contribution in [3.8, 4) is 0 Å². The lowest BCUT2D eigenvalue weighted by Gasteiger charge is -2.40. The quantitative estimate of drug-likeness (QED) is 0.764. The fraction of sp³-hybridized carbons (Fsp3) is 0.941. The van der Waals surface area contributed by atoms with Crippen molar-refractivity contribution in [2.75, 3.05) is 39.5 Å². The van der Waals surface area contributed by atoms with Crippen molar-refractivity contribution in [3.63, 3.8) is 0 Å². The molecule has 23 heavy (non-hydrogen) atoms. The third-order valence-corrected chi connectivity index (χ3v) is 5.81. The third kappa shape index (κ3) is 3.40. The van der Waals surface area contributed by atoms with Crippen LogP contribution in [0.3, 0.4) is 0 Å². The molecule has 130 valence electrons. The second kappa shape index (κ2) is 7.05. The van der Waals surface area contributed by atoms with E-state index in [1.165, 1.54) is 0 Å². The molecule has 4 saturated heterocycles. The number of amides is 1. The van der Waals surface area contributed by atoms with Gasteiger partial charge in [0.1, 0.15) is 6.10 Å². The van der Waals surface area contributed by atoms with Gasteiger partial charge in [0.15, 0.2) is 0 Å². The molecule has 0 radical (unpaired) electrons. The average molecular weight is 324 g/mol. The summed E-state index contributed by atoms with van der Waals surface area (Å²) in [7, 11) is 0. The first-order chi connectivity index (χ1) is 11.3. The Labute approximate surface area is 138 Å². The van der Waals surface area contributed by atoms with Crippen LogP contribution in [-0.4, -0.2) is 73.6 Å². The van der Waals surface area contributed by atoms with Gasteiger partial charge in [-0.05, 0) is 51.0 Å². The van der Waals surface area contributed by atoms with Crippen LogP contribution in [0.1, 0.15) is 38.5 Å². The highest BCUT2D eigenvalue weighted by atomic mass is 16.7. The van der Waals surface area contributed by atoms with E-state index in [4.69, 9.17) is 14.3 Å². The molecule has 0 aromatic rings. The molecule has 4 rings (SSSR count). The maximum atomic E-state index is 12.6. The van der Waals surface area contributed by atoms with Crippen molar-refractivity contribution in [1.29, 1.82) is 0 Å². The molecule has 6 heteroatoms. The molecule has 3 atom stereocenters. The van der Waals surface area contributed by atoms with E-state index in [0.717, 1.165) is 64.8 Å². The minimum Gasteiger partial charge on any atom is -0.381 e. The van der Waals surface area contributed by atoms with Crippen molar-refractivity contribution in [3.05, 3.63) is 0 Å². The maximum absolute atomic E-state index is 12.6. The Morgan fingerprint density at radius 3 is 2.65 bits per heavy atom. The van der Waals surface area contributed by atoms with Gasteiger partial charge in [0.05, 0.1) is 12.7 Å². The van der Waals surface area contributed by atoms with Gasteiger partial charge in [-0.2, -0.15) is 0 Å². The van der Waals surface area contributed by atoms with Gasteiger partial charge in [0.2, 0.25) is 0 Å². The first kappa shape index (κ1) is 15.8. The Morgan fingerprint density at radius 2 is 1.87 bits per heavy atom. The van der Waals surface area contributed by atoms with Crippen molar-refractivity contribution >= 4 is 5.91 Å². The standard InChI is InChI=1S/C17H28N2O4/c20-17(19-6-1-2-8-22-19)15-11-13-3-7-18(12-16(13)23-15)14-4-9-21-10-5-14/h13-16H,1-12H2/t13-,15+,16+/m1/s1. The Bertz CT molecular complexity index is 421. The van der Waals surface area contributed by atoms with Crippen LogP contribution >= 0.6 is 0 Å². The first-order valence-corrected chi connectivity index (χ1v) is 9.23. The van der Waals surface area contributed by atoms with Crippen molar-refractivity contribution in [2.24, 2.45) is 5.92 Å². The summed E-state index contributed by atoms with van der Waals surface area (Å²) in [4.78, 5) is 20.6. The van der Waals surface area contributed by atoms with Crippen LogP contribution in [0.15, 0.2) is 0 Å². The molecule has 4 aliphatic heterocycles. The van der Waals surface area contributed by atoms with Crippen LogP contribution in [0.25, 0.3) is 0 Å². The van der Waals surface area contributed by atoms with Crippen molar-refractivity contribution in [1.82, 2.24) is 9.96 Å². The van der Waals surface area contributed by atoms with Gasteiger partial charge >= 0.3 is 0 Å². The van der Waals surface area contributed by atoms with E-state index in [-0.39, 0.29) is 18.1 Å². The lowest BCUT2D eigenvalue weighted by molar-refractivity contribution is -0.206. The predicted molar refractivity (Wildman–Crippen MR) is 83.7 cm³/mol. The molecule has 6 nitrogen and oxygen atoms in total. The van der Waals surface area contributed by atoms with Crippen LogP contribution in [0, 0.1) is 5.92 Å². The van der Waals surface area contributed by atoms with E-state index in [9.17, 15) is 4.79 Å². The molecule has 4 heterocycles. The number of fused-ring (bicyclic) bond motifs is 1. The molecule has 1 amide bonds. The van der Waals surface area contributed by atoms with Gasteiger partial charge < -0.3 is 9.47 Å². The van der Waals surface area contributed by atoms with Crippen LogP contribution in [0.2, 0.25) is 0 Å². The van der Waals surface area contributed by atoms with E-state index in [1.54, 1.807) is 5.06 Å². The number of carbonyl (C=O) groups excluding carboxylic acids is 1. The summed E-state index contributed by atoms with van der Waals surface area (Å²) >= 11 is 0. The highest BCUT2D eigenvalue weighted by Gasteiger charge is 2.44. The van der Waals surface area contributed by atoms with Crippen LogP contribution in [0.5, 0.6) is 0 Å². The van der Waals surface area contributed by atoms with Gasteiger partial charge in [0, 0.05) is 32.3 Å². The topological polar surface area (TPSA) is 51.2 Å². The summed E-state index contributed by atoms with van der Waals surface area (Å²) in [5.41, 5.74) is 0. The second-order valence-corrected chi connectivity index (χ2v) is 7.27. The lowest BCUT2D eigenvalue weighted by Crippen LogP contribution is -2.49. The van der Waals surface area contributed by atoms with Crippen molar-refractivity contribution in [2.45, 2.75) is 56.8 Å². The number of hydroxylamine groups is 2. The Balaban J connectivity index is 1.33. The largest absolute Gasteiger partial charge is 0.381 e. The fourth-order valence-corrected chi connectivity index (χ4v) is 4.43. The monoisotopic (exact) mass is 324 g/mol. The number of likely N-dealkylation sites (tertiary alicyclic amines) is 1. The number of carbonyl (C=O) groups is 1. The van der Waals surface area contributed by atoms with Crippen LogP contribution < -0.4 is 0 Å². The highest BCUT2D eigenvalue weighted by molar-refractivity contribution is 5.80. The smallest absolute Gasteiger partial charge is 0.275 e. The number of hydrogen-bond acceptors (Lipinski definition) is 5. The normalized spacial score (nSPS) is 36.9. The van der Waals surface area contributed by atoms with Gasteiger partial charge in [-0.1, -0.05) is 0 Å². The minimum absolute atomic E-state index is 0.0386. The zero-order valence-electron chi connectivity index (χ0n) is 13.8. The number of nitrogens with zero attached hydrogens (tertiary/aromatic N) is 2. The van der Waals surface area contributed by atoms with Gasteiger partial charge in [-0.3, -0.25) is 14.5 Å². The van der Waals surface area contributed by atoms with E-state index < -0.39 is 0 Å². The molecule has 0 saturated carbocycles. The Hall–Kier alpha value is -0.690. The molecule has 0 spiro atoms. The first-order valence-electron chi connectivity index (χ1n) is 9.23. The SMILES string of the molecule is O=C([C@@H]1C[C@H]2CCN(C3CCOCC3)C[C@@H]2O1)N1CCCCO1. The lowest BCUT2D eigenvalue weighted by atomic mass is 9.90. The molecule has 4 aliphatic rings. The molecule has 0 N–H and O–H groups in total. The minimum atomic E-state index is -0.294. The van der Waals surface area contributed by atoms with Gasteiger partial charge in [-0.15, -0.1) is 0 Å². The summed E-state index contributed by atoms with van der Waals surface area (Å²) in [5, 5.41) is 1.54. The Morgan fingerprint density at radius 1 is 1.00 bits per heavy atom. The summed E-state index contributed by atoms with van der Waals surface area (Å²) in [5.74, 6) is 0.571. The van der Waals surface area contributed by atoms with E-state index >= 15 is 0 Å². The van der Waals surface area contributed by atoms with E-state index in [1.807, 2.05) is 0 Å². The number of piperidine rings is 1. The molecule has 0 unspecified atom stereocenters. The average Bonchev–Trinajstić information content (AvgIpc) is 3.06. The van der Waals surface area contributed by atoms with E-state index in [0.29, 0.717) is 25.1 Å². The van der Waals surface area contributed by atoms with Crippen molar-refractivity contribution < 1.29 is 19.1 Å². The predicted octanol–water partition coefficient (Wildman–Crippen LogP) is 1.20. The molecular weight excluding hydrogens is 296 g/mol. The molecule has 0 aromatic carbocycles. The zero-order valence-corrected chi connectivity index (χ0v) is 13.8. The van der Waals surface area contributed by atoms with Crippen LogP contribution in [0.4, 0.5) is 0 Å². The fourth-order valence-electron chi connectivity index (χ4n) is 4.43. The molecule has 4 fully saturated rings. The Kier molecular flexibility index (Phi) is 4.85. The zero-order chi connectivity index (χ0) is 15.6. The molecule has 0 aliphatic carbocycles. The summed E-state index contributed by atoms with van der Waals surface area (Å²) in [6.07, 6.45) is 6.26. The summed E-state index contributed by atoms with van der Waals surface area (Å²) in [6, 6.07) is 0.633. The number of hydrogen-bond donors (Lipinski definition) is 0. The molecular formula is C17H28N2O4. The van der Waals surface area contributed by atoms with Crippen LogP contribution in [-0.2, 0) is 19.1 Å². The third-order valence-electron chi connectivity index (χ3n) is 5.81. The molecule has 0 bridgehead atoms. The van der Waals surface area contributed by atoms with Gasteiger partial charge in [-0.25, -0.2) is 5.06 Å². The second-order valence-electron chi connectivity index (χ2n) is 7.27. The highest BCUT2D eigenvalue weighted by Crippen LogP contribution is 2.35. The molecule has 0 aromatic heterocycles.